The second-order valence-electron chi connectivity index (χ2n) is 12.3. The van der Waals surface area contributed by atoms with Crippen LogP contribution in [0.3, 0.4) is 0 Å². The standard InChI is InChI=1S/C32H41NO3Si/c1-22(2)21-37(6,7)35-20-23-16-17-27(32(3,4)5)28(18-23)33-31(34)19-26-24-12-8-10-14-29(24)36-30-15-11-9-13-25(26)30/h8-18,22,26H,19-21H2,1-7H3,(H,33,34). The molecule has 37 heavy (non-hydrogen) atoms. The van der Waals surface area contributed by atoms with Crippen LogP contribution < -0.4 is 10.1 Å². The van der Waals surface area contributed by atoms with Crippen molar-refractivity contribution in [1.29, 1.82) is 0 Å². The van der Waals surface area contributed by atoms with Crippen molar-refractivity contribution in [2.45, 2.75) is 78.1 Å². The molecule has 0 aromatic heterocycles. The Kier molecular flexibility index (Phi) is 7.96. The second kappa shape index (κ2) is 10.8. The number of fused-ring (bicyclic) bond motifs is 2. The van der Waals surface area contributed by atoms with Crippen molar-refractivity contribution in [2.24, 2.45) is 5.92 Å². The normalized spacial score (nSPS) is 13.6. The van der Waals surface area contributed by atoms with Crippen LogP contribution >= 0.6 is 0 Å². The number of carbonyl (C=O) groups is 1. The molecule has 0 atom stereocenters. The molecule has 3 aromatic rings. The largest absolute Gasteiger partial charge is 0.457 e. The molecular weight excluding hydrogens is 474 g/mol. The minimum absolute atomic E-state index is 0.00501. The lowest BCUT2D eigenvalue weighted by molar-refractivity contribution is -0.116. The van der Waals surface area contributed by atoms with Gasteiger partial charge in [0.05, 0.1) is 6.61 Å². The van der Waals surface area contributed by atoms with Gasteiger partial charge in [-0.1, -0.05) is 83.1 Å². The zero-order valence-corrected chi connectivity index (χ0v) is 24.4. The Labute approximate surface area is 223 Å². The van der Waals surface area contributed by atoms with Crippen molar-refractivity contribution in [2.75, 3.05) is 5.32 Å². The maximum atomic E-state index is 13.6. The van der Waals surface area contributed by atoms with Gasteiger partial charge in [0.2, 0.25) is 5.91 Å². The molecule has 0 spiro atoms. The van der Waals surface area contributed by atoms with E-state index in [2.05, 4.69) is 83.4 Å². The zero-order chi connectivity index (χ0) is 26.8. The van der Waals surface area contributed by atoms with Gasteiger partial charge in [-0.3, -0.25) is 4.79 Å². The Morgan fingerprint density at radius 2 is 1.57 bits per heavy atom. The third-order valence-electron chi connectivity index (χ3n) is 6.89. The number of rotatable bonds is 8. The number of hydrogen-bond acceptors (Lipinski definition) is 3. The molecule has 1 amide bonds. The highest BCUT2D eigenvalue weighted by Crippen LogP contribution is 2.45. The Morgan fingerprint density at radius 1 is 0.973 bits per heavy atom. The van der Waals surface area contributed by atoms with Gasteiger partial charge in [-0.15, -0.1) is 0 Å². The van der Waals surface area contributed by atoms with Crippen molar-refractivity contribution >= 4 is 19.9 Å². The van der Waals surface area contributed by atoms with E-state index in [1.165, 1.54) is 0 Å². The van der Waals surface area contributed by atoms with Crippen LogP contribution in [0.25, 0.3) is 0 Å². The number of amides is 1. The van der Waals surface area contributed by atoms with E-state index in [0.29, 0.717) is 18.9 Å². The third kappa shape index (κ3) is 6.71. The summed E-state index contributed by atoms with van der Waals surface area (Å²) in [5.74, 6) is 2.20. The van der Waals surface area contributed by atoms with E-state index in [4.69, 9.17) is 9.16 Å². The summed E-state index contributed by atoms with van der Waals surface area (Å²) in [5.41, 5.74) is 5.07. The molecule has 0 saturated carbocycles. The average Bonchev–Trinajstić information content (AvgIpc) is 2.81. The summed E-state index contributed by atoms with van der Waals surface area (Å²) in [5, 5.41) is 3.27. The molecular formula is C32H41NO3Si. The summed E-state index contributed by atoms with van der Waals surface area (Å²) in [6.45, 7) is 16.2. The second-order valence-corrected chi connectivity index (χ2v) is 16.5. The van der Waals surface area contributed by atoms with Crippen LogP contribution in [0.4, 0.5) is 5.69 Å². The van der Waals surface area contributed by atoms with E-state index in [9.17, 15) is 4.79 Å². The highest BCUT2D eigenvalue weighted by Gasteiger charge is 2.30. The van der Waals surface area contributed by atoms with Crippen LogP contribution in [0.5, 0.6) is 11.5 Å². The highest BCUT2D eigenvalue weighted by molar-refractivity contribution is 6.71. The van der Waals surface area contributed by atoms with Crippen molar-refractivity contribution in [1.82, 2.24) is 0 Å². The molecule has 1 N–H and O–H groups in total. The van der Waals surface area contributed by atoms with E-state index in [0.717, 1.165) is 45.5 Å². The molecule has 0 fully saturated rings. The van der Waals surface area contributed by atoms with Crippen LogP contribution in [0.1, 0.15) is 69.2 Å². The molecule has 0 saturated heterocycles. The smallest absolute Gasteiger partial charge is 0.225 e. The van der Waals surface area contributed by atoms with Crippen LogP contribution in [-0.4, -0.2) is 14.2 Å². The van der Waals surface area contributed by atoms with Crippen LogP contribution in [0.15, 0.2) is 66.7 Å². The summed E-state index contributed by atoms with van der Waals surface area (Å²) < 4.78 is 12.5. The summed E-state index contributed by atoms with van der Waals surface area (Å²) in [4.78, 5) is 13.6. The molecule has 4 nitrogen and oxygen atoms in total. The molecule has 1 aliphatic heterocycles. The SMILES string of the molecule is CC(C)C[Si](C)(C)OCc1ccc(C(C)(C)C)c(NC(=O)CC2c3ccccc3Oc3ccccc32)c1. The first kappa shape index (κ1) is 27.1. The number of para-hydroxylation sites is 2. The van der Waals surface area contributed by atoms with E-state index in [1.54, 1.807) is 0 Å². The van der Waals surface area contributed by atoms with Crippen molar-refractivity contribution in [3.05, 3.63) is 89.0 Å². The Hall–Kier alpha value is -2.89. The number of carbonyl (C=O) groups excluding carboxylic acids is 1. The molecule has 1 aliphatic rings. The number of nitrogens with one attached hydrogen (secondary N) is 1. The van der Waals surface area contributed by atoms with Gasteiger partial charge >= 0.3 is 0 Å². The van der Waals surface area contributed by atoms with Gasteiger partial charge in [0.15, 0.2) is 8.32 Å². The van der Waals surface area contributed by atoms with Crippen molar-refractivity contribution in [3.8, 4) is 11.5 Å². The van der Waals surface area contributed by atoms with E-state index < -0.39 is 8.32 Å². The van der Waals surface area contributed by atoms with Crippen molar-refractivity contribution < 1.29 is 14.0 Å². The van der Waals surface area contributed by atoms with Gasteiger partial charge in [-0.2, -0.15) is 0 Å². The van der Waals surface area contributed by atoms with E-state index in [-0.39, 0.29) is 17.2 Å². The minimum atomic E-state index is -1.74. The first-order valence-electron chi connectivity index (χ1n) is 13.4. The molecule has 0 aliphatic carbocycles. The molecule has 5 heteroatoms. The zero-order valence-electron chi connectivity index (χ0n) is 23.4. The molecule has 1 heterocycles. The molecule has 0 radical (unpaired) electrons. The monoisotopic (exact) mass is 515 g/mol. The molecule has 3 aromatic carbocycles. The van der Waals surface area contributed by atoms with Crippen LogP contribution in [0, 0.1) is 5.92 Å². The fourth-order valence-corrected chi connectivity index (χ4v) is 8.02. The van der Waals surface area contributed by atoms with Gasteiger partial charge in [0.25, 0.3) is 0 Å². The summed E-state index contributed by atoms with van der Waals surface area (Å²) >= 11 is 0. The van der Waals surface area contributed by atoms with Crippen LogP contribution in [-0.2, 0) is 21.2 Å². The fraction of sp³-hybridized carbons (Fsp3) is 0.406. The highest BCUT2D eigenvalue weighted by atomic mass is 28.4. The maximum absolute atomic E-state index is 13.6. The van der Waals surface area contributed by atoms with Gasteiger partial charge in [0.1, 0.15) is 11.5 Å². The Morgan fingerprint density at radius 3 is 2.14 bits per heavy atom. The fourth-order valence-electron chi connectivity index (χ4n) is 5.37. The lowest BCUT2D eigenvalue weighted by Gasteiger charge is -2.29. The molecule has 0 unspecified atom stereocenters. The van der Waals surface area contributed by atoms with Gasteiger partial charge in [0, 0.05) is 29.2 Å². The minimum Gasteiger partial charge on any atom is -0.457 e. The maximum Gasteiger partial charge on any atom is 0.225 e. The van der Waals surface area contributed by atoms with Gasteiger partial charge in [-0.25, -0.2) is 0 Å². The summed E-state index contributed by atoms with van der Waals surface area (Å²) in [6, 6.07) is 23.5. The molecule has 196 valence electrons. The topological polar surface area (TPSA) is 47.6 Å². The quantitative estimate of drug-likeness (QED) is 0.305. The number of benzene rings is 3. The van der Waals surface area contributed by atoms with E-state index >= 15 is 0 Å². The van der Waals surface area contributed by atoms with Gasteiger partial charge < -0.3 is 14.5 Å². The third-order valence-corrected chi connectivity index (χ3v) is 9.62. The Balaban J connectivity index is 1.57. The van der Waals surface area contributed by atoms with E-state index in [1.807, 2.05) is 36.4 Å². The predicted molar refractivity (Wildman–Crippen MR) is 155 cm³/mol. The number of ether oxygens (including phenoxy) is 1. The molecule has 4 rings (SSSR count). The van der Waals surface area contributed by atoms with Gasteiger partial charge in [-0.05, 0) is 59.8 Å². The summed E-state index contributed by atoms with van der Waals surface area (Å²) in [7, 11) is -1.74. The first-order chi connectivity index (χ1) is 17.4. The van der Waals surface area contributed by atoms with Crippen LogP contribution in [0.2, 0.25) is 19.1 Å². The number of anilines is 1. The summed E-state index contributed by atoms with van der Waals surface area (Å²) in [6.07, 6.45) is 0.343. The lowest BCUT2D eigenvalue weighted by Crippen LogP contribution is -2.31. The molecule has 0 bridgehead atoms. The van der Waals surface area contributed by atoms with Crippen molar-refractivity contribution in [3.63, 3.8) is 0 Å². The Bertz CT molecular complexity index is 1210. The predicted octanol–water partition coefficient (Wildman–Crippen LogP) is 8.63. The first-order valence-corrected chi connectivity index (χ1v) is 16.5. The number of hydrogen-bond donors (Lipinski definition) is 1. The average molecular weight is 516 g/mol. The lowest BCUT2D eigenvalue weighted by atomic mass is 9.84.